The maximum atomic E-state index is 13.1. The van der Waals surface area contributed by atoms with E-state index in [4.69, 9.17) is 0 Å². The number of anilines is 1. The van der Waals surface area contributed by atoms with Crippen LogP contribution >= 0.6 is 15.9 Å². The number of nitrogens with one attached hydrogen (secondary N) is 2. The molecule has 2 aromatic rings. The van der Waals surface area contributed by atoms with Crippen LogP contribution in [0.5, 0.6) is 0 Å². The van der Waals surface area contributed by atoms with E-state index in [1.807, 2.05) is 6.07 Å². The van der Waals surface area contributed by atoms with Crippen molar-refractivity contribution < 1.29 is 4.39 Å². The Kier molecular flexibility index (Phi) is 4.03. The zero-order chi connectivity index (χ0) is 13.9. The van der Waals surface area contributed by atoms with E-state index < -0.39 is 0 Å². The highest BCUT2D eigenvalue weighted by molar-refractivity contribution is 9.10. The van der Waals surface area contributed by atoms with Crippen molar-refractivity contribution in [3.63, 3.8) is 0 Å². The molecule has 0 atom stereocenters. The number of aromatic amines is 1. The van der Waals surface area contributed by atoms with Gasteiger partial charge in [-0.05, 0) is 47.1 Å². The smallest absolute Gasteiger partial charge is 0.151 e. The van der Waals surface area contributed by atoms with Crippen LogP contribution in [0.3, 0.4) is 0 Å². The lowest BCUT2D eigenvalue weighted by atomic mass is 10.1. The van der Waals surface area contributed by atoms with Crippen LogP contribution in [0, 0.1) is 5.82 Å². The zero-order valence-electron chi connectivity index (χ0n) is 11.0. The monoisotopic (exact) mass is 338 g/mol. The van der Waals surface area contributed by atoms with Crippen molar-refractivity contribution >= 4 is 21.7 Å². The second-order valence-electron chi connectivity index (χ2n) is 4.85. The Balaban J connectivity index is 1.85. The fourth-order valence-corrected chi connectivity index (χ4v) is 2.96. The van der Waals surface area contributed by atoms with Gasteiger partial charge in [-0.3, -0.25) is 5.10 Å². The van der Waals surface area contributed by atoms with Crippen LogP contribution in [0.2, 0.25) is 0 Å². The van der Waals surface area contributed by atoms with Crippen molar-refractivity contribution in [3.05, 3.63) is 34.6 Å². The molecule has 106 valence electrons. The molecule has 2 heterocycles. The Hall–Kier alpha value is -1.40. The van der Waals surface area contributed by atoms with Gasteiger partial charge in [-0.2, -0.15) is 5.10 Å². The van der Waals surface area contributed by atoms with Gasteiger partial charge in [-0.1, -0.05) is 0 Å². The lowest BCUT2D eigenvalue weighted by Gasteiger charge is -2.18. The molecule has 2 N–H and O–H groups in total. The minimum Gasteiger partial charge on any atom is -0.354 e. The number of aromatic nitrogens is 2. The van der Waals surface area contributed by atoms with E-state index in [0.717, 1.165) is 54.1 Å². The molecule has 0 bridgehead atoms. The molecule has 0 amide bonds. The number of rotatable bonds is 2. The van der Waals surface area contributed by atoms with E-state index in [1.165, 1.54) is 12.1 Å². The molecule has 1 fully saturated rings. The van der Waals surface area contributed by atoms with Gasteiger partial charge < -0.3 is 10.2 Å². The van der Waals surface area contributed by atoms with Crippen molar-refractivity contribution in [2.45, 2.75) is 6.42 Å². The molecule has 1 aliphatic heterocycles. The number of H-pyrrole nitrogens is 1. The molecule has 4 nitrogen and oxygen atoms in total. The van der Waals surface area contributed by atoms with Crippen LogP contribution in [0.15, 0.2) is 28.7 Å². The predicted molar refractivity (Wildman–Crippen MR) is 81.4 cm³/mol. The summed E-state index contributed by atoms with van der Waals surface area (Å²) >= 11 is 3.39. The van der Waals surface area contributed by atoms with Crippen molar-refractivity contribution in [1.29, 1.82) is 0 Å². The summed E-state index contributed by atoms with van der Waals surface area (Å²) in [6, 6.07) is 6.69. The van der Waals surface area contributed by atoms with Crippen molar-refractivity contribution in [2.24, 2.45) is 0 Å². The number of halogens is 2. The first kappa shape index (κ1) is 13.6. The van der Waals surface area contributed by atoms with Crippen LogP contribution < -0.4 is 10.2 Å². The highest BCUT2D eigenvalue weighted by Crippen LogP contribution is 2.29. The molecule has 1 aromatic heterocycles. The maximum absolute atomic E-state index is 13.1. The van der Waals surface area contributed by atoms with Crippen LogP contribution in [-0.2, 0) is 0 Å². The molecule has 3 rings (SSSR count). The number of benzene rings is 1. The second-order valence-corrected chi connectivity index (χ2v) is 5.71. The molecule has 20 heavy (non-hydrogen) atoms. The summed E-state index contributed by atoms with van der Waals surface area (Å²) in [6.07, 6.45) is 1.11. The van der Waals surface area contributed by atoms with E-state index in [2.05, 4.69) is 36.3 Å². The van der Waals surface area contributed by atoms with Crippen molar-refractivity contribution in [3.8, 4) is 11.3 Å². The fraction of sp³-hybridized carbons (Fsp3) is 0.357. The van der Waals surface area contributed by atoms with Crippen LogP contribution in [0.4, 0.5) is 10.2 Å². The molecule has 0 unspecified atom stereocenters. The molecule has 0 aliphatic carbocycles. The predicted octanol–water partition coefficient (Wildman–Crippen LogP) is 2.78. The minimum atomic E-state index is -0.251. The van der Waals surface area contributed by atoms with Crippen LogP contribution in [0.25, 0.3) is 11.3 Å². The Morgan fingerprint density at radius 2 is 2.10 bits per heavy atom. The quantitative estimate of drug-likeness (QED) is 0.884. The fourth-order valence-electron chi connectivity index (χ4n) is 2.39. The average molecular weight is 339 g/mol. The third-order valence-electron chi connectivity index (χ3n) is 3.45. The summed E-state index contributed by atoms with van der Waals surface area (Å²) < 4.78 is 13.9. The third-order valence-corrected chi connectivity index (χ3v) is 4.11. The molecule has 6 heteroatoms. The number of hydrogen-bond donors (Lipinski definition) is 2. The molecular formula is C14H16BrFN4. The van der Waals surface area contributed by atoms with Crippen LogP contribution in [0.1, 0.15) is 6.42 Å². The Bertz CT molecular complexity index is 591. The summed E-state index contributed by atoms with van der Waals surface area (Å²) in [5.74, 6) is 0.693. The summed E-state index contributed by atoms with van der Waals surface area (Å²) in [6.45, 7) is 3.98. The van der Waals surface area contributed by atoms with E-state index in [0.29, 0.717) is 0 Å². The Morgan fingerprint density at radius 1 is 1.20 bits per heavy atom. The van der Waals surface area contributed by atoms with E-state index in [1.54, 1.807) is 6.07 Å². The summed E-state index contributed by atoms with van der Waals surface area (Å²) in [5, 5.41) is 10.8. The Labute approximate surface area is 125 Å². The van der Waals surface area contributed by atoms with Gasteiger partial charge in [0.25, 0.3) is 0 Å². The summed E-state index contributed by atoms with van der Waals surface area (Å²) in [7, 11) is 0. The normalized spacial score (nSPS) is 16.2. The lowest BCUT2D eigenvalue weighted by molar-refractivity contribution is 0.627. The largest absolute Gasteiger partial charge is 0.354 e. The number of nitrogens with zero attached hydrogens (tertiary/aromatic N) is 2. The average Bonchev–Trinajstić information content (AvgIpc) is 2.74. The molecular weight excluding hydrogens is 323 g/mol. The number of hydrogen-bond acceptors (Lipinski definition) is 3. The van der Waals surface area contributed by atoms with Gasteiger partial charge in [0.05, 0.1) is 5.69 Å². The Morgan fingerprint density at radius 3 is 2.95 bits per heavy atom. The topological polar surface area (TPSA) is 44.0 Å². The van der Waals surface area contributed by atoms with Gasteiger partial charge in [0.2, 0.25) is 0 Å². The van der Waals surface area contributed by atoms with Gasteiger partial charge >= 0.3 is 0 Å². The molecule has 1 aromatic carbocycles. The van der Waals surface area contributed by atoms with Gasteiger partial charge in [0.1, 0.15) is 5.82 Å². The standard InChI is InChI=1S/C14H16BrFN4/c15-12-8-10(16)2-3-11(12)13-9-14(19-18-13)20-6-1-4-17-5-7-20/h2-3,8-9,17H,1,4-7H2,(H,18,19). The second kappa shape index (κ2) is 5.93. The van der Waals surface area contributed by atoms with Gasteiger partial charge in [0, 0.05) is 35.7 Å². The summed E-state index contributed by atoms with van der Waals surface area (Å²) in [5.41, 5.74) is 1.81. The molecule has 0 saturated carbocycles. The molecule has 0 radical (unpaired) electrons. The zero-order valence-corrected chi connectivity index (χ0v) is 12.6. The first-order valence-electron chi connectivity index (χ1n) is 6.70. The first-order valence-corrected chi connectivity index (χ1v) is 7.50. The minimum absolute atomic E-state index is 0.251. The van der Waals surface area contributed by atoms with Crippen molar-refractivity contribution in [2.75, 3.05) is 31.1 Å². The SMILES string of the molecule is Fc1ccc(-c2cc(N3CCCNCC3)n[nH]2)c(Br)c1. The van der Waals surface area contributed by atoms with E-state index in [-0.39, 0.29) is 5.82 Å². The molecule has 0 spiro atoms. The summed E-state index contributed by atoms with van der Waals surface area (Å²) in [4.78, 5) is 2.26. The molecule has 1 aliphatic rings. The van der Waals surface area contributed by atoms with E-state index in [9.17, 15) is 4.39 Å². The van der Waals surface area contributed by atoms with Gasteiger partial charge in [-0.15, -0.1) is 0 Å². The maximum Gasteiger partial charge on any atom is 0.151 e. The van der Waals surface area contributed by atoms with E-state index >= 15 is 0 Å². The van der Waals surface area contributed by atoms with Gasteiger partial charge in [0.15, 0.2) is 5.82 Å². The van der Waals surface area contributed by atoms with Crippen LogP contribution in [-0.4, -0.2) is 36.4 Å². The lowest BCUT2D eigenvalue weighted by Crippen LogP contribution is -2.28. The van der Waals surface area contributed by atoms with Crippen molar-refractivity contribution in [1.82, 2.24) is 15.5 Å². The highest BCUT2D eigenvalue weighted by atomic mass is 79.9. The first-order chi connectivity index (χ1) is 9.74. The highest BCUT2D eigenvalue weighted by Gasteiger charge is 2.14. The van der Waals surface area contributed by atoms with Gasteiger partial charge in [-0.25, -0.2) is 4.39 Å². The third kappa shape index (κ3) is 2.86. The molecule has 1 saturated heterocycles.